The molecule has 0 saturated carbocycles. The molecule has 0 heteroatoms. The normalized spacial score (nSPS) is 9.73. The maximum Gasteiger partial charge on any atom is -0.0219 e. The summed E-state index contributed by atoms with van der Waals surface area (Å²) in [5.41, 5.74) is 5.57. The Hall–Kier alpha value is -1.56. The zero-order valence-corrected chi connectivity index (χ0v) is 15.8. The summed E-state index contributed by atoms with van der Waals surface area (Å²) in [6.07, 6.45) is 0. The third-order valence-corrected chi connectivity index (χ3v) is 3.42. The fraction of sp³-hybridized carbons (Fsp3) is 0.455. The molecular formula is C22H34. The van der Waals surface area contributed by atoms with Gasteiger partial charge in [0.15, 0.2) is 0 Å². The van der Waals surface area contributed by atoms with Crippen LogP contribution in [0.5, 0.6) is 0 Å². The van der Waals surface area contributed by atoms with Crippen molar-refractivity contribution in [2.75, 3.05) is 0 Å². The number of aryl methyl sites for hydroxylation is 2. The zero-order chi connectivity index (χ0) is 17.1. The Bertz CT molecular complexity index is 472. The molecule has 0 bridgehead atoms. The van der Waals surface area contributed by atoms with Gasteiger partial charge in [0.1, 0.15) is 0 Å². The molecule has 0 spiro atoms. The van der Waals surface area contributed by atoms with Gasteiger partial charge >= 0.3 is 0 Å². The summed E-state index contributed by atoms with van der Waals surface area (Å²) in [4.78, 5) is 0. The van der Waals surface area contributed by atoms with Crippen molar-refractivity contribution in [2.45, 2.75) is 67.2 Å². The molecule has 2 aromatic rings. The Morgan fingerprint density at radius 2 is 0.909 bits per heavy atom. The molecule has 0 aliphatic heterocycles. The molecule has 0 aliphatic rings. The van der Waals surface area contributed by atoms with Gasteiger partial charge in [0.2, 0.25) is 0 Å². The first-order chi connectivity index (χ1) is 10.4. The van der Waals surface area contributed by atoms with E-state index in [9.17, 15) is 0 Å². The van der Waals surface area contributed by atoms with Crippen LogP contribution in [0.15, 0.2) is 48.5 Å². The van der Waals surface area contributed by atoms with E-state index in [4.69, 9.17) is 0 Å². The Kier molecular flexibility index (Phi) is 10.3. The number of benzene rings is 2. The first-order valence-corrected chi connectivity index (χ1v) is 8.53. The topological polar surface area (TPSA) is 0 Å². The van der Waals surface area contributed by atoms with Gasteiger partial charge in [-0.05, 0) is 36.8 Å². The Morgan fingerprint density at radius 1 is 0.591 bits per heavy atom. The molecule has 0 N–H and O–H groups in total. The highest BCUT2D eigenvalue weighted by Gasteiger charge is 1.96. The van der Waals surface area contributed by atoms with Crippen molar-refractivity contribution in [3.8, 4) is 0 Å². The van der Waals surface area contributed by atoms with E-state index >= 15 is 0 Å². The van der Waals surface area contributed by atoms with Crippen LogP contribution in [0.4, 0.5) is 0 Å². The summed E-state index contributed by atoms with van der Waals surface area (Å²) in [5, 5.41) is 0. The van der Waals surface area contributed by atoms with Crippen LogP contribution in [0.3, 0.4) is 0 Å². The van der Waals surface area contributed by atoms with Crippen LogP contribution in [-0.2, 0) is 0 Å². The van der Waals surface area contributed by atoms with Crippen LogP contribution in [0.2, 0.25) is 0 Å². The van der Waals surface area contributed by atoms with E-state index in [-0.39, 0.29) is 0 Å². The molecule has 0 radical (unpaired) electrons. The molecule has 0 heterocycles. The predicted molar refractivity (Wildman–Crippen MR) is 102 cm³/mol. The summed E-state index contributed by atoms with van der Waals surface area (Å²) in [6.45, 7) is 17.1. The highest BCUT2D eigenvalue weighted by molar-refractivity contribution is 5.25. The number of hydrogen-bond acceptors (Lipinski definition) is 0. The minimum atomic E-state index is 0.653. The van der Waals surface area contributed by atoms with Gasteiger partial charge in [0, 0.05) is 0 Å². The summed E-state index contributed by atoms with van der Waals surface area (Å²) in [5.74, 6) is 1.31. The fourth-order valence-electron chi connectivity index (χ4n) is 2.06. The van der Waals surface area contributed by atoms with Crippen molar-refractivity contribution in [2.24, 2.45) is 0 Å². The van der Waals surface area contributed by atoms with Gasteiger partial charge in [0.05, 0.1) is 0 Å². The van der Waals surface area contributed by atoms with Crippen LogP contribution >= 0.6 is 0 Å². The molecular weight excluding hydrogens is 264 g/mol. The van der Waals surface area contributed by atoms with Crippen molar-refractivity contribution in [1.82, 2.24) is 0 Å². The standard InChI is InChI=1S/2C10H14.C2H6/c2*1-8(2)10-6-4-5-9(3)7-10;1-2/h2*4-8H,1-3H3;1-2H3. The Morgan fingerprint density at radius 3 is 1.09 bits per heavy atom. The largest absolute Gasteiger partial charge is 0.0683 e. The lowest BCUT2D eigenvalue weighted by Crippen LogP contribution is -1.86. The monoisotopic (exact) mass is 298 g/mol. The number of rotatable bonds is 2. The van der Waals surface area contributed by atoms with E-state index in [0.717, 1.165) is 0 Å². The molecule has 22 heavy (non-hydrogen) atoms. The van der Waals surface area contributed by atoms with Gasteiger partial charge in [-0.1, -0.05) is 101 Å². The van der Waals surface area contributed by atoms with E-state index in [1.807, 2.05) is 13.8 Å². The van der Waals surface area contributed by atoms with Crippen molar-refractivity contribution >= 4 is 0 Å². The summed E-state index contributed by atoms with van der Waals surface area (Å²) in [6, 6.07) is 17.3. The molecule has 0 fully saturated rings. The van der Waals surface area contributed by atoms with E-state index in [0.29, 0.717) is 11.8 Å². The van der Waals surface area contributed by atoms with Gasteiger partial charge < -0.3 is 0 Å². The molecule has 2 rings (SSSR count). The van der Waals surface area contributed by atoms with E-state index < -0.39 is 0 Å². The van der Waals surface area contributed by atoms with Gasteiger partial charge in [0.25, 0.3) is 0 Å². The second kappa shape index (κ2) is 11.1. The van der Waals surface area contributed by atoms with Crippen LogP contribution < -0.4 is 0 Å². The molecule has 2 aromatic carbocycles. The van der Waals surface area contributed by atoms with Gasteiger partial charge in [-0.25, -0.2) is 0 Å². The van der Waals surface area contributed by atoms with E-state index in [1.165, 1.54) is 22.3 Å². The lowest BCUT2D eigenvalue weighted by atomic mass is 10.0. The summed E-state index contributed by atoms with van der Waals surface area (Å²) < 4.78 is 0. The quantitative estimate of drug-likeness (QED) is 0.547. The van der Waals surface area contributed by atoms with Crippen molar-refractivity contribution in [1.29, 1.82) is 0 Å². The van der Waals surface area contributed by atoms with Gasteiger partial charge in [-0.15, -0.1) is 0 Å². The average Bonchev–Trinajstić information content (AvgIpc) is 2.50. The lowest BCUT2D eigenvalue weighted by Gasteiger charge is -2.04. The Balaban J connectivity index is 0.000000360. The minimum absolute atomic E-state index is 0.653. The van der Waals surface area contributed by atoms with Gasteiger partial charge in [-0.3, -0.25) is 0 Å². The SMILES string of the molecule is CC.Cc1cccc(C(C)C)c1.Cc1cccc(C(C)C)c1. The van der Waals surface area contributed by atoms with Gasteiger partial charge in [-0.2, -0.15) is 0 Å². The summed E-state index contributed by atoms with van der Waals surface area (Å²) >= 11 is 0. The minimum Gasteiger partial charge on any atom is -0.0683 e. The second-order valence-electron chi connectivity index (χ2n) is 6.14. The predicted octanol–water partition coefficient (Wildman–Crippen LogP) is 7.26. The van der Waals surface area contributed by atoms with Crippen LogP contribution in [0.25, 0.3) is 0 Å². The van der Waals surface area contributed by atoms with Crippen LogP contribution in [0, 0.1) is 13.8 Å². The van der Waals surface area contributed by atoms with E-state index in [2.05, 4.69) is 90.1 Å². The van der Waals surface area contributed by atoms with E-state index in [1.54, 1.807) is 0 Å². The molecule has 0 aromatic heterocycles. The molecule has 0 atom stereocenters. The molecule has 0 aliphatic carbocycles. The second-order valence-corrected chi connectivity index (χ2v) is 6.14. The van der Waals surface area contributed by atoms with Crippen molar-refractivity contribution in [3.63, 3.8) is 0 Å². The molecule has 0 amide bonds. The first-order valence-electron chi connectivity index (χ1n) is 8.53. The highest BCUT2D eigenvalue weighted by Crippen LogP contribution is 2.15. The number of hydrogen-bond donors (Lipinski definition) is 0. The smallest absolute Gasteiger partial charge is 0.0219 e. The molecule has 0 unspecified atom stereocenters. The molecule has 0 nitrogen and oxygen atoms in total. The fourth-order valence-corrected chi connectivity index (χ4v) is 2.06. The summed E-state index contributed by atoms with van der Waals surface area (Å²) in [7, 11) is 0. The Labute approximate surface area is 138 Å². The third-order valence-electron chi connectivity index (χ3n) is 3.42. The van der Waals surface area contributed by atoms with Crippen LogP contribution in [0.1, 0.15) is 75.6 Å². The zero-order valence-electron chi connectivity index (χ0n) is 15.8. The van der Waals surface area contributed by atoms with Crippen molar-refractivity contribution < 1.29 is 0 Å². The van der Waals surface area contributed by atoms with Crippen molar-refractivity contribution in [3.05, 3.63) is 70.8 Å². The first kappa shape index (κ1) is 20.4. The molecule has 0 saturated heterocycles. The lowest BCUT2D eigenvalue weighted by molar-refractivity contribution is 0.865. The highest BCUT2D eigenvalue weighted by atomic mass is 14.0. The molecule has 122 valence electrons. The average molecular weight is 299 g/mol. The maximum absolute atomic E-state index is 2.24. The van der Waals surface area contributed by atoms with Crippen LogP contribution in [-0.4, -0.2) is 0 Å². The third kappa shape index (κ3) is 8.02. The maximum atomic E-state index is 2.24.